The summed E-state index contributed by atoms with van der Waals surface area (Å²) in [5.41, 5.74) is 6.75. The van der Waals surface area contributed by atoms with Crippen LogP contribution in [0, 0.1) is 5.92 Å². The van der Waals surface area contributed by atoms with Crippen molar-refractivity contribution >= 4 is 34.8 Å². The van der Waals surface area contributed by atoms with E-state index in [0.717, 1.165) is 6.42 Å². The van der Waals surface area contributed by atoms with Crippen LogP contribution in [-0.2, 0) is 0 Å². The molecule has 0 amide bonds. The fourth-order valence-electron chi connectivity index (χ4n) is 1.30. The van der Waals surface area contributed by atoms with E-state index < -0.39 is 0 Å². The molecule has 0 bridgehead atoms. The Balaban J connectivity index is 3.18. The Morgan fingerprint density at radius 2 is 2.00 bits per heavy atom. The molecular weight excluding hydrogens is 254 g/mol. The van der Waals surface area contributed by atoms with Crippen LogP contribution in [0.15, 0.2) is 6.20 Å². The van der Waals surface area contributed by atoms with Gasteiger partial charge in [-0.25, -0.2) is 4.98 Å². The second-order valence-electron chi connectivity index (χ2n) is 3.54. The van der Waals surface area contributed by atoms with Gasteiger partial charge in [0.1, 0.15) is 5.15 Å². The zero-order chi connectivity index (χ0) is 11.6. The summed E-state index contributed by atoms with van der Waals surface area (Å²) in [5, 5.41) is 1.07. The Morgan fingerprint density at radius 3 is 2.53 bits per heavy atom. The highest BCUT2D eigenvalue weighted by atomic mass is 35.5. The lowest BCUT2D eigenvalue weighted by Gasteiger charge is -2.21. The number of pyridine rings is 1. The van der Waals surface area contributed by atoms with Crippen molar-refractivity contribution in [2.24, 2.45) is 11.7 Å². The Morgan fingerprint density at radius 1 is 1.40 bits per heavy atom. The molecule has 0 saturated carbocycles. The molecule has 2 N–H and O–H groups in total. The van der Waals surface area contributed by atoms with Crippen molar-refractivity contribution in [3.8, 4) is 0 Å². The van der Waals surface area contributed by atoms with Crippen LogP contribution in [0.4, 0.5) is 0 Å². The van der Waals surface area contributed by atoms with Gasteiger partial charge in [-0.15, -0.1) is 0 Å². The lowest BCUT2D eigenvalue weighted by atomic mass is 9.94. The highest BCUT2D eigenvalue weighted by molar-refractivity contribution is 6.43. The predicted molar refractivity (Wildman–Crippen MR) is 65.7 cm³/mol. The van der Waals surface area contributed by atoms with E-state index in [1.54, 1.807) is 0 Å². The minimum atomic E-state index is -0.213. The van der Waals surface area contributed by atoms with Gasteiger partial charge in [0.2, 0.25) is 0 Å². The molecule has 1 heterocycles. The smallest absolute Gasteiger partial charge is 0.148 e. The van der Waals surface area contributed by atoms with Gasteiger partial charge in [0, 0.05) is 17.8 Å². The highest BCUT2D eigenvalue weighted by Gasteiger charge is 2.21. The van der Waals surface area contributed by atoms with Gasteiger partial charge in [0.05, 0.1) is 10.0 Å². The summed E-state index contributed by atoms with van der Waals surface area (Å²) >= 11 is 17.9. The molecule has 1 unspecified atom stereocenters. The fraction of sp³-hybridized carbons (Fsp3) is 0.500. The lowest BCUT2D eigenvalue weighted by molar-refractivity contribution is 0.457. The summed E-state index contributed by atoms with van der Waals surface area (Å²) in [6.07, 6.45) is 2.43. The number of rotatable bonds is 3. The largest absolute Gasteiger partial charge is 0.324 e. The van der Waals surface area contributed by atoms with Crippen molar-refractivity contribution in [1.29, 1.82) is 0 Å². The van der Waals surface area contributed by atoms with Crippen molar-refractivity contribution in [3.05, 3.63) is 27.0 Å². The molecule has 0 spiro atoms. The molecule has 0 fully saturated rings. The molecule has 0 aliphatic heterocycles. The van der Waals surface area contributed by atoms with Crippen molar-refractivity contribution in [3.63, 3.8) is 0 Å². The van der Waals surface area contributed by atoms with Gasteiger partial charge in [-0.05, 0) is 5.92 Å². The van der Waals surface area contributed by atoms with Crippen molar-refractivity contribution < 1.29 is 0 Å². The van der Waals surface area contributed by atoms with E-state index in [1.807, 2.05) is 6.92 Å². The van der Waals surface area contributed by atoms with Gasteiger partial charge in [0.15, 0.2) is 0 Å². The van der Waals surface area contributed by atoms with E-state index in [2.05, 4.69) is 11.9 Å². The monoisotopic (exact) mass is 266 g/mol. The molecule has 0 aliphatic carbocycles. The van der Waals surface area contributed by atoms with Crippen LogP contribution in [0.5, 0.6) is 0 Å². The van der Waals surface area contributed by atoms with Crippen molar-refractivity contribution in [1.82, 2.24) is 4.98 Å². The average Bonchev–Trinajstić information content (AvgIpc) is 2.22. The summed E-state index contributed by atoms with van der Waals surface area (Å²) in [5.74, 6) is 0.290. The van der Waals surface area contributed by atoms with E-state index in [-0.39, 0.29) is 11.2 Å². The zero-order valence-electron chi connectivity index (χ0n) is 8.60. The highest BCUT2D eigenvalue weighted by Crippen LogP contribution is 2.36. The molecule has 0 radical (unpaired) electrons. The van der Waals surface area contributed by atoms with Crippen LogP contribution < -0.4 is 5.73 Å². The van der Waals surface area contributed by atoms with Gasteiger partial charge < -0.3 is 5.73 Å². The van der Waals surface area contributed by atoms with Crippen LogP contribution >= 0.6 is 34.8 Å². The van der Waals surface area contributed by atoms with Gasteiger partial charge in [-0.3, -0.25) is 0 Å². The second-order valence-corrected chi connectivity index (χ2v) is 4.68. The van der Waals surface area contributed by atoms with Crippen LogP contribution in [0.25, 0.3) is 0 Å². The Kier molecular flexibility index (Phi) is 4.65. The molecule has 84 valence electrons. The van der Waals surface area contributed by atoms with E-state index in [4.69, 9.17) is 40.5 Å². The first-order valence-corrected chi connectivity index (χ1v) is 5.87. The third-order valence-corrected chi connectivity index (χ3v) is 3.62. The van der Waals surface area contributed by atoms with E-state index in [9.17, 15) is 0 Å². The minimum absolute atomic E-state index is 0.213. The van der Waals surface area contributed by atoms with Crippen LogP contribution in [0.3, 0.4) is 0 Å². The van der Waals surface area contributed by atoms with Crippen LogP contribution in [0.2, 0.25) is 15.2 Å². The zero-order valence-corrected chi connectivity index (χ0v) is 10.9. The SMILES string of the molecule is CCC(C)[C@@H](N)c1c(Cl)cnc(Cl)c1Cl. The maximum Gasteiger partial charge on any atom is 0.148 e. The molecule has 0 aromatic carbocycles. The molecular formula is C10H13Cl3N2. The summed E-state index contributed by atoms with van der Waals surface area (Å²) in [6.45, 7) is 4.11. The maximum absolute atomic E-state index is 6.06. The maximum atomic E-state index is 6.06. The molecule has 1 aromatic heterocycles. The first-order valence-electron chi connectivity index (χ1n) is 4.74. The molecule has 0 saturated heterocycles. The Bertz CT molecular complexity index is 355. The predicted octanol–water partition coefficient (Wildman–Crippen LogP) is 4.09. The number of nitrogens with two attached hydrogens (primary N) is 1. The molecule has 5 heteroatoms. The third kappa shape index (κ3) is 2.76. The number of nitrogens with zero attached hydrogens (tertiary/aromatic N) is 1. The van der Waals surface area contributed by atoms with Crippen molar-refractivity contribution in [2.75, 3.05) is 0 Å². The van der Waals surface area contributed by atoms with E-state index in [1.165, 1.54) is 6.20 Å². The topological polar surface area (TPSA) is 38.9 Å². The molecule has 0 aliphatic rings. The number of hydrogen-bond acceptors (Lipinski definition) is 2. The normalized spacial score (nSPS) is 15.1. The Labute approximate surface area is 105 Å². The number of aromatic nitrogens is 1. The molecule has 1 rings (SSSR count). The van der Waals surface area contributed by atoms with Crippen molar-refractivity contribution in [2.45, 2.75) is 26.3 Å². The first-order chi connectivity index (χ1) is 6.99. The third-order valence-electron chi connectivity index (χ3n) is 2.56. The summed E-state index contributed by atoms with van der Waals surface area (Å²) in [7, 11) is 0. The van der Waals surface area contributed by atoms with Crippen LogP contribution in [-0.4, -0.2) is 4.98 Å². The second kappa shape index (κ2) is 5.35. The quantitative estimate of drug-likeness (QED) is 0.838. The average molecular weight is 268 g/mol. The van der Waals surface area contributed by atoms with Gasteiger partial charge in [-0.1, -0.05) is 55.1 Å². The van der Waals surface area contributed by atoms with E-state index in [0.29, 0.717) is 21.5 Å². The van der Waals surface area contributed by atoms with Gasteiger partial charge >= 0.3 is 0 Å². The minimum Gasteiger partial charge on any atom is -0.324 e. The van der Waals surface area contributed by atoms with Gasteiger partial charge in [0.25, 0.3) is 0 Å². The molecule has 2 atom stereocenters. The van der Waals surface area contributed by atoms with E-state index >= 15 is 0 Å². The molecule has 1 aromatic rings. The summed E-state index contributed by atoms with van der Waals surface area (Å²) < 4.78 is 0. The fourth-order valence-corrected chi connectivity index (χ4v) is 2.04. The number of hydrogen-bond donors (Lipinski definition) is 1. The van der Waals surface area contributed by atoms with Crippen LogP contribution in [0.1, 0.15) is 31.9 Å². The van der Waals surface area contributed by atoms with Gasteiger partial charge in [-0.2, -0.15) is 0 Å². The number of halogens is 3. The summed E-state index contributed by atoms with van der Waals surface area (Å²) in [4.78, 5) is 3.85. The molecule has 15 heavy (non-hydrogen) atoms. The summed E-state index contributed by atoms with van der Waals surface area (Å²) in [6, 6.07) is -0.213. The Hall–Kier alpha value is -0.0200. The molecule has 2 nitrogen and oxygen atoms in total. The first kappa shape index (κ1) is 13.0. The lowest BCUT2D eigenvalue weighted by Crippen LogP contribution is -2.19. The standard InChI is InChI=1S/C10H13Cl3N2/c1-3-5(2)9(14)7-6(11)4-15-10(13)8(7)12/h4-5,9H,3,14H2,1-2H3/t5?,9-/m1/s1.